The second-order valence-corrected chi connectivity index (χ2v) is 7.75. The van der Waals surface area contributed by atoms with E-state index in [0.717, 1.165) is 55.3 Å². The van der Waals surface area contributed by atoms with Gasteiger partial charge in [0.15, 0.2) is 5.69 Å². The largest absolute Gasteiger partial charge is 0.355 e. The highest BCUT2D eigenvalue weighted by atomic mass is 15.3. The fraction of sp³-hybridized carbons (Fsp3) is 0.421. The Hall–Kier alpha value is -3.21. The highest BCUT2D eigenvalue weighted by Gasteiger charge is 2.47. The van der Waals surface area contributed by atoms with E-state index in [-0.39, 0.29) is 5.41 Å². The van der Waals surface area contributed by atoms with Crippen LogP contribution in [-0.4, -0.2) is 51.1 Å². The fourth-order valence-electron chi connectivity index (χ4n) is 4.57. The summed E-state index contributed by atoms with van der Waals surface area (Å²) in [5.41, 5.74) is 1.39. The van der Waals surface area contributed by atoms with Crippen LogP contribution in [0.1, 0.15) is 19.0 Å². The summed E-state index contributed by atoms with van der Waals surface area (Å²) in [6.45, 7) is 6.21. The lowest BCUT2D eigenvalue weighted by Gasteiger charge is -2.42. The molecule has 0 spiro atoms. The molecule has 136 valence electrons. The van der Waals surface area contributed by atoms with Gasteiger partial charge in [0.25, 0.3) is 0 Å². The highest BCUT2D eigenvalue weighted by Crippen LogP contribution is 2.44. The molecule has 2 saturated heterocycles. The Balaban J connectivity index is 1.40. The molecule has 2 aliphatic heterocycles. The third kappa shape index (κ3) is 2.58. The van der Waals surface area contributed by atoms with Gasteiger partial charge in [-0.3, -0.25) is 0 Å². The number of nitrogens with one attached hydrogen (secondary N) is 1. The van der Waals surface area contributed by atoms with E-state index in [1.807, 2.05) is 18.3 Å². The Bertz CT molecular complexity index is 1020. The van der Waals surface area contributed by atoms with E-state index >= 15 is 0 Å². The molecule has 0 saturated carbocycles. The van der Waals surface area contributed by atoms with Gasteiger partial charge >= 0.3 is 0 Å². The minimum atomic E-state index is 0.154. The lowest BCUT2D eigenvalue weighted by atomic mass is 9.75. The normalized spacial score (nSPS) is 24.8. The van der Waals surface area contributed by atoms with Crippen LogP contribution in [0.3, 0.4) is 0 Å². The Labute approximate surface area is 156 Å². The second-order valence-electron chi connectivity index (χ2n) is 7.75. The quantitative estimate of drug-likeness (QED) is 0.746. The summed E-state index contributed by atoms with van der Waals surface area (Å²) in [5, 5.41) is 9.99. The maximum absolute atomic E-state index is 8.92. The number of fused-ring (bicyclic) bond motifs is 2. The summed E-state index contributed by atoms with van der Waals surface area (Å²) >= 11 is 0. The fourth-order valence-corrected chi connectivity index (χ4v) is 4.57. The Morgan fingerprint density at radius 1 is 1.19 bits per heavy atom. The van der Waals surface area contributed by atoms with E-state index in [0.29, 0.717) is 11.6 Å². The van der Waals surface area contributed by atoms with Gasteiger partial charge in [0.1, 0.15) is 29.7 Å². The first-order valence-corrected chi connectivity index (χ1v) is 9.16. The van der Waals surface area contributed by atoms with E-state index in [9.17, 15) is 0 Å². The van der Waals surface area contributed by atoms with Crippen molar-refractivity contribution < 1.29 is 0 Å². The van der Waals surface area contributed by atoms with Crippen molar-refractivity contribution in [3.63, 3.8) is 0 Å². The predicted molar refractivity (Wildman–Crippen MR) is 101 cm³/mol. The van der Waals surface area contributed by atoms with Crippen molar-refractivity contribution in [1.29, 1.82) is 5.26 Å². The number of hydrogen-bond donors (Lipinski definition) is 1. The molecule has 0 bridgehead atoms. The SMILES string of the molecule is CC12CN(c3cnc(C#N)cn3)CC1CCN(c1ncnc3[nH]ccc13)C2. The molecule has 1 N–H and O–H groups in total. The maximum atomic E-state index is 8.92. The van der Waals surface area contributed by atoms with Crippen LogP contribution < -0.4 is 9.80 Å². The summed E-state index contributed by atoms with van der Waals surface area (Å²) in [5.74, 6) is 2.47. The van der Waals surface area contributed by atoms with Gasteiger partial charge in [-0.05, 0) is 18.4 Å². The number of aromatic nitrogens is 5. The van der Waals surface area contributed by atoms with Crippen molar-refractivity contribution in [3.8, 4) is 6.07 Å². The molecular formula is C19H20N8. The summed E-state index contributed by atoms with van der Waals surface area (Å²) in [4.78, 5) is 25.3. The molecule has 2 aliphatic rings. The van der Waals surface area contributed by atoms with Gasteiger partial charge in [0.2, 0.25) is 0 Å². The van der Waals surface area contributed by atoms with Crippen molar-refractivity contribution in [2.24, 2.45) is 11.3 Å². The number of nitriles is 1. The van der Waals surface area contributed by atoms with Crippen LogP contribution in [0.25, 0.3) is 11.0 Å². The smallest absolute Gasteiger partial charge is 0.158 e. The summed E-state index contributed by atoms with van der Waals surface area (Å²) in [6.07, 6.45) is 7.93. The van der Waals surface area contributed by atoms with Crippen LogP contribution in [0.4, 0.5) is 11.6 Å². The van der Waals surface area contributed by atoms with Gasteiger partial charge < -0.3 is 14.8 Å². The molecule has 3 aromatic rings. The van der Waals surface area contributed by atoms with E-state index in [4.69, 9.17) is 5.26 Å². The van der Waals surface area contributed by atoms with Gasteiger partial charge in [0.05, 0.1) is 17.8 Å². The van der Waals surface area contributed by atoms with Gasteiger partial charge in [-0.2, -0.15) is 5.26 Å². The zero-order valence-electron chi connectivity index (χ0n) is 15.1. The lowest BCUT2D eigenvalue weighted by Crippen LogP contribution is -2.47. The molecule has 27 heavy (non-hydrogen) atoms. The maximum Gasteiger partial charge on any atom is 0.158 e. The molecule has 8 nitrogen and oxygen atoms in total. The van der Waals surface area contributed by atoms with Crippen LogP contribution in [0.15, 0.2) is 31.0 Å². The molecule has 0 radical (unpaired) electrons. The van der Waals surface area contributed by atoms with Crippen molar-refractivity contribution in [2.45, 2.75) is 13.3 Å². The number of nitrogens with zero attached hydrogens (tertiary/aromatic N) is 7. The molecule has 5 rings (SSSR count). The second kappa shape index (κ2) is 5.91. The highest BCUT2D eigenvalue weighted by molar-refractivity contribution is 5.87. The zero-order chi connectivity index (χ0) is 18.4. The number of anilines is 2. The predicted octanol–water partition coefficient (Wildman–Crippen LogP) is 1.97. The zero-order valence-corrected chi connectivity index (χ0v) is 15.1. The third-order valence-electron chi connectivity index (χ3n) is 5.99. The molecule has 0 amide bonds. The molecule has 2 unspecified atom stereocenters. The number of rotatable bonds is 2. The number of H-pyrrole nitrogens is 1. The number of aromatic amines is 1. The molecule has 5 heterocycles. The van der Waals surface area contributed by atoms with Crippen LogP contribution in [-0.2, 0) is 0 Å². The summed E-state index contributed by atoms with van der Waals surface area (Å²) in [7, 11) is 0. The number of hydrogen-bond acceptors (Lipinski definition) is 7. The summed E-state index contributed by atoms with van der Waals surface area (Å²) < 4.78 is 0. The topological polar surface area (TPSA) is 97.6 Å². The van der Waals surface area contributed by atoms with Gasteiger partial charge in [-0.25, -0.2) is 19.9 Å². The van der Waals surface area contributed by atoms with Gasteiger partial charge in [-0.15, -0.1) is 0 Å². The first-order valence-electron chi connectivity index (χ1n) is 9.16. The molecule has 0 aromatic carbocycles. The van der Waals surface area contributed by atoms with Crippen LogP contribution >= 0.6 is 0 Å². The average molecular weight is 360 g/mol. The Kier molecular flexibility index (Phi) is 3.50. The molecule has 2 fully saturated rings. The first-order chi connectivity index (χ1) is 13.2. The molecule has 2 atom stereocenters. The van der Waals surface area contributed by atoms with Crippen molar-refractivity contribution >= 4 is 22.7 Å². The van der Waals surface area contributed by atoms with E-state index in [1.165, 1.54) is 0 Å². The molecule has 3 aromatic heterocycles. The van der Waals surface area contributed by atoms with Crippen LogP contribution in [0.2, 0.25) is 0 Å². The first kappa shape index (κ1) is 16.0. The Morgan fingerprint density at radius 2 is 2.07 bits per heavy atom. The van der Waals surface area contributed by atoms with Gasteiger partial charge in [0, 0.05) is 37.8 Å². The lowest BCUT2D eigenvalue weighted by molar-refractivity contribution is 0.216. The number of piperidine rings is 1. The molecule has 8 heteroatoms. The van der Waals surface area contributed by atoms with E-state index < -0.39 is 0 Å². The van der Waals surface area contributed by atoms with Crippen molar-refractivity contribution in [2.75, 3.05) is 36.0 Å². The minimum Gasteiger partial charge on any atom is -0.355 e. The van der Waals surface area contributed by atoms with Crippen molar-refractivity contribution in [3.05, 3.63) is 36.7 Å². The minimum absolute atomic E-state index is 0.154. The van der Waals surface area contributed by atoms with Crippen molar-refractivity contribution in [1.82, 2.24) is 24.9 Å². The molecular weight excluding hydrogens is 340 g/mol. The van der Waals surface area contributed by atoms with E-state index in [2.05, 4.69) is 41.6 Å². The monoisotopic (exact) mass is 360 g/mol. The van der Waals surface area contributed by atoms with E-state index in [1.54, 1.807) is 18.7 Å². The standard InChI is InChI=1S/C19H20N8/c1-19-10-26(18-15-2-4-21-17(15)24-12-25-18)5-3-13(19)9-27(11-19)16-8-22-14(6-20)7-23-16/h2,4,7-8,12-13H,3,5,9-11H2,1H3,(H,21,24,25). The van der Waals surface area contributed by atoms with Gasteiger partial charge in [-0.1, -0.05) is 6.92 Å². The van der Waals surface area contributed by atoms with Crippen LogP contribution in [0, 0.1) is 22.7 Å². The average Bonchev–Trinajstić information content (AvgIpc) is 3.31. The Morgan fingerprint density at radius 3 is 2.89 bits per heavy atom. The van der Waals surface area contributed by atoms with Crippen LogP contribution in [0.5, 0.6) is 0 Å². The summed E-state index contributed by atoms with van der Waals surface area (Å²) in [6, 6.07) is 4.07. The third-order valence-corrected chi connectivity index (χ3v) is 5.99. The molecule has 0 aliphatic carbocycles.